The maximum atomic E-state index is 12.6. The lowest BCUT2D eigenvalue weighted by molar-refractivity contribution is 0.354. The highest BCUT2D eigenvalue weighted by Gasteiger charge is 2.36. The van der Waals surface area contributed by atoms with Gasteiger partial charge >= 0.3 is 0 Å². The molecule has 0 amide bonds. The summed E-state index contributed by atoms with van der Waals surface area (Å²) in [7, 11) is -3.56. The Morgan fingerprint density at radius 2 is 1.82 bits per heavy atom. The summed E-state index contributed by atoms with van der Waals surface area (Å²) in [6.07, 6.45) is 14.7. The first kappa shape index (κ1) is 14.9. The second kappa shape index (κ2) is 6.09. The van der Waals surface area contributed by atoms with Crippen LogP contribution in [-0.2, 0) is 9.13 Å². The molecule has 2 heterocycles. The van der Waals surface area contributed by atoms with Crippen LogP contribution in [-0.4, -0.2) is 35.5 Å². The predicted octanol–water partition coefficient (Wildman–Crippen LogP) is 3.49. The molecule has 0 bridgehead atoms. The van der Waals surface area contributed by atoms with Gasteiger partial charge in [-0.2, -0.15) is 0 Å². The summed E-state index contributed by atoms with van der Waals surface area (Å²) in [5.74, 6) is 0.797. The molecule has 2 aliphatic carbocycles. The Morgan fingerprint density at radius 3 is 2.59 bits per heavy atom. The standard InChI is InChI=1S/C16H22N2O2P2/c19-21-15-7-3-1-5-13(15)11-17(21)9-10-18-12-14-6-2-4-8-16(14)22(18)20/h1-3,6-8,13-14,21-22H,4-5,9-12H2/t13-,14-/m1/s1. The molecule has 118 valence electrons. The highest BCUT2D eigenvalue weighted by Crippen LogP contribution is 2.53. The van der Waals surface area contributed by atoms with Gasteiger partial charge < -0.3 is 9.13 Å². The summed E-state index contributed by atoms with van der Waals surface area (Å²) in [6.45, 7) is 3.30. The molecule has 0 aromatic heterocycles. The monoisotopic (exact) mass is 336 g/mol. The largest absolute Gasteiger partial charge is 0.305 e. The number of nitrogens with zero attached hydrogens (tertiary/aromatic N) is 2. The van der Waals surface area contributed by atoms with Gasteiger partial charge in [0.2, 0.25) is 0 Å². The Labute approximate surface area is 132 Å². The lowest BCUT2D eigenvalue weighted by Crippen LogP contribution is -2.27. The van der Waals surface area contributed by atoms with Crippen molar-refractivity contribution in [2.45, 2.75) is 12.8 Å². The van der Waals surface area contributed by atoms with E-state index in [-0.39, 0.29) is 0 Å². The maximum absolute atomic E-state index is 12.6. The van der Waals surface area contributed by atoms with E-state index in [2.05, 4.69) is 33.6 Å². The van der Waals surface area contributed by atoms with Gasteiger partial charge in [-0.05, 0) is 12.8 Å². The summed E-state index contributed by atoms with van der Waals surface area (Å²) in [5.41, 5.74) is 0. The topological polar surface area (TPSA) is 40.6 Å². The van der Waals surface area contributed by atoms with Crippen LogP contribution < -0.4 is 0 Å². The Balaban J connectivity index is 1.39. The average Bonchev–Trinajstić information content (AvgIpc) is 3.04. The van der Waals surface area contributed by atoms with Crippen LogP contribution in [0.4, 0.5) is 0 Å². The molecule has 4 rings (SSSR count). The lowest BCUT2D eigenvalue weighted by atomic mass is 10.0. The molecule has 2 unspecified atom stereocenters. The first-order valence-corrected chi connectivity index (χ1v) is 10.8. The first-order valence-electron chi connectivity index (χ1n) is 8.06. The van der Waals surface area contributed by atoms with Crippen LogP contribution in [0, 0.1) is 11.8 Å². The zero-order valence-electron chi connectivity index (χ0n) is 12.6. The zero-order valence-corrected chi connectivity index (χ0v) is 14.6. The predicted molar refractivity (Wildman–Crippen MR) is 91.8 cm³/mol. The summed E-state index contributed by atoms with van der Waals surface area (Å²) in [6, 6.07) is 0. The second-order valence-corrected chi connectivity index (χ2v) is 10.1. The van der Waals surface area contributed by atoms with E-state index in [0.29, 0.717) is 11.8 Å². The van der Waals surface area contributed by atoms with Crippen LogP contribution in [0.25, 0.3) is 0 Å². The van der Waals surface area contributed by atoms with E-state index >= 15 is 0 Å². The van der Waals surface area contributed by atoms with Crippen molar-refractivity contribution in [1.82, 2.24) is 9.34 Å². The minimum Gasteiger partial charge on any atom is -0.305 e. The Hall–Kier alpha value is -0.660. The van der Waals surface area contributed by atoms with Crippen molar-refractivity contribution in [3.63, 3.8) is 0 Å². The summed E-state index contributed by atoms with van der Waals surface area (Å²) in [5, 5.41) is 2.28. The molecule has 0 aromatic carbocycles. The van der Waals surface area contributed by atoms with Crippen LogP contribution in [0.3, 0.4) is 0 Å². The number of hydrogen-bond donors (Lipinski definition) is 0. The van der Waals surface area contributed by atoms with Gasteiger partial charge in [-0.15, -0.1) is 0 Å². The van der Waals surface area contributed by atoms with Crippen LogP contribution in [0.15, 0.2) is 47.1 Å². The van der Waals surface area contributed by atoms with E-state index in [0.717, 1.165) is 49.6 Å². The van der Waals surface area contributed by atoms with Gasteiger partial charge in [0, 0.05) is 48.6 Å². The third-order valence-corrected chi connectivity index (χ3v) is 9.18. The summed E-state index contributed by atoms with van der Waals surface area (Å²) in [4.78, 5) is 0. The van der Waals surface area contributed by atoms with Crippen LogP contribution in [0.1, 0.15) is 12.8 Å². The SMILES string of the molecule is O=[PH]1C2=CC=CC[C@@H]2CN1CCN1C[C@H]2C=CCC=C2[PH]1=O. The highest BCUT2D eigenvalue weighted by atomic mass is 31.1. The first-order chi connectivity index (χ1) is 10.7. The van der Waals surface area contributed by atoms with Crippen LogP contribution in [0.2, 0.25) is 0 Å². The fourth-order valence-corrected chi connectivity index (χ4v) is 7.54. The molecule has 22 heavy (non-hydrogen) atoms. The van der Waals surface area contributed by atoms with Gasteiger partial charge in [0.1, 0.15) is 0 Å². The van der Waals surface area contributed by atoms with Gasteiger partial charge in [0.25, 0.3) is 0 Å². The van der Waals surface area contributed by atoms with Gasteiger partial charge in [0.15, 0.2) is 15.9 Å². The van der Waals surface area contributed by atoms with Gasteiger partial charge in [-0.25, -0.2) is 4.67 Å². The normalized spacial score (nSPS) is 37.8. The number of rotatable bonds is 3. The van der Waals surface area contributed by atoms with Crippen molar-refractivity contribution in [2.75, 3.05) is 26.2 Å². The van der Waals surface area contributed by atoms with Gasteiger partial charge in [0.05, 0.1) is 0 Å². The molecule has 2 saturated heterocycles. The molecule has 4 nitrogen and oxygen atoms in total. The van der Waals surface area contributed by atoms with Crippen molar-refractivity contribution < 1.29 is 9.13 Å². The second-order valence-electron chi connectivity index (χ2n) is 6.41. The lowest BCUT2D eigenvalue weighted by Gasteiger charge is -2.19. The third kappa shape index (κ3) is 2.57. The molecule has 0 N–H and O–H groups in total. The van der Waals surface area contributed by atoms with E-state index in [4.69, 9.17) is 0 Å². The van der Waals surface area contributed by atoms with Crippen molar-refractivity contribution in [2.24, 2.45) is 11.8 Å². The number of hydrogen-bond acceptors (Lipinski definition) is 2. The van der Waals surface area contributed by atoms with E-state index in [1.807, 2.05) is 12.2 Å². The van der Waals surface area contributed by atoms with E-state index in [1.54, 1.807) is 0 Å². The molecule has 4 atom stereocenters. The number of fused-ring (bicyclic) bond motifs is 2. The molecule has 2 aliphatic heterocycles. The van der Waals surface area contributed by atoms with Crippen molar-refractivity contribution in [3.05, 3.63) is 47.1 Å². The van der Waals surface area contributed by atoms with Gasteiger partial charge in [-0.1, -0.05) is 36.5 Å². The molecular formula is C16H22N2O2P2. The molecule has 6 heteroatoms. The van der Waals surface area contributed by atoms with E-state index in [1.165, 1.54) is 0 Å². The molecule has 0 saturated carbocycles. The molecule has 2 fully saturated rings. The fourth-order valence-electron chi connectivity index (χ4n) is 3.86. The quantitative estimate of drug-likeness (QED) is 0.584. The van der Waals surface area contributed by atoms with E-state index in [9.17, 15) is 9.13 Å². The molecular weight excluding hydrogens is 314 g/mol. The van der Waals surface area contributed by atoms with Crippen molar-refractivity contribution in [3.8, 4) is 0 Å². The third-order valence-electron chi connectivity index (χ3n) is 5.08. The Morgan fingerprint density at radius 1 is 1.05 bits per heavy atom. The molecule has 0 spiro atoms. The molecule has 0 aromatic rings. The van der Waals surface area contributed by atoms with Crippen LogP contribution >= 0.6 is 15.9 Å². The van der Waals surface area contributed by atoms with Gasteiger partial charge in [-0.3, -0.25) is 4.67 Å². The zero-order chi connectivity index (χ0) is 15.1. The minimum absolute atomic E-state index is 0.352. The summed E-state index contributed by atoms with van der Waals surface area (Å²) >= 11 is 0. The summed E-state index contributed by atoms with van der Waals surface area (Å²) < 4.78 is 29.4. The van der Waals surface area contributed by atoms with E-state index < -0.39 is 15.9 Å². The number of allylic oxidation sites excluding steroid dienone is 5. The maximum Gasteiger partial charge on any atom is 0.163 e. The van der Waals surface area contributed by atoms with Crippen molar-refractivity contribution in [1.29, 1.82) is 0 Å². The smallest absolute Gasteiger partial charge is 0.163 e. The van der Waals surface area contributed by atoms with Crippen LogP contribution in [0.5, 0.6) is 0 Å². The highest BCUT2D eigenvalue weighted by molar-refractivity contribution is 7.47. The Kier molecular flexibility index (Phi) is 4.13. The Bertz CT molecular complexity index is 651. The fraction of sp³-hybridized carbons (Fsp3) is 0.500. The minimum atomic E-state index is -1.78. The molecule has 4 aliphatic rings. The van der Waals surface area contributed by atoms with Crippen molar-refractivity contribution >= 4 is 15.9 Å². The average molecular weight is 336 g/mol. The molecule has 0 radical (unpaired) electrons.